The third-order valence-corrected chi connectivity index (χ3v) is 2.84. The largest absolute Gasteiger partial charge is 0.350 e. The van der Waals surface area contributed by atoms with Gasteiger partial charge >= 0.3 is 11.9 Å². The van der Waals surface area contributed by atoms with Gasteiger partial charge in [-0.3, -0.25) is 9.78 Å². The van der Waals surface area contributed by atoms with Gasteiger partial charge in [-0.2, -0.15) is 9.78 Å². The normalized spacial score (nSPS) is 12.7. The average molecular weight is 395 g/mol. The van der Waals surface area contributed by atoms with E-state index in [1.54, 1.807) is 62.3 Å². The topological polar surface area (TPSA) is 89.5 Å². The number of carbonyl (C=O) groups is 2. The van der Waals surface area contributed by atoms with Gasteiger partial charge in [-0.05, 0) is 92.7 Å². The maximum Gasteiger partial charge on any atom is 0.350 e. The lowest BCUT2D eigenvalue weighted by atomic mass is 9.98. The Balaban J connectivity index is 0. The maximum atomic E-state index is 11.2. The Morgan fingerprint density at radius 3 is 1.22 bits per heavy atom. The molecule has 27 heavy (non-hydrogen) atoms. The standard InChI is InChI=1S/C10H20O4.C9H18O4/c1-7-10(5,6)13-14-12-8(11)9(2,3)4;1-8(2,3)7(10)11-13-12-9(4,5)6/h7H2,1-6H3;1-6H3. The van der Waals surface area contributed by atoms with Crippen LogP contribution in [0.3, 0.4) is 0 Å². The maximum absolute atomic E-state index is 11.2. The zero-order chi connectivity index (χ0) is 22.1. The van der Waals surface area contributed by atoms with Gasteiger partial charge in [0.15, 0.2) is 0 Å². The zero-order valence-electron chi connectivity index (χ0n) is 19.0. The second-order valence-corrected chi connectivity index (χ2v) is 9.77. The van der Waals surface area contributed by atoms with Crippen molar-refractivity contribution in [3.05, 3.63) is 0 Å². The molecule has 0 heterocycles. The average Bonchev–Trinajstić information content (AvgIpc) is 2.44. The Morgan fingerprint density at radius 1 is 0.630 bits per heavy atom. The van der Waals surface area contributed by atoms with Gasteiger partial charge in [0.25, 0.3) is 0 Å². The van der Waals surface area contributed by atoms with Crippen molar-refractivity contribution in [3.8, 4) is 0 Å². The third-order valence-electron chi connectivity index (χ3n) is 2.84. The summed E-state index contributed by atoms with van der Waals surface area (Å²) in [6.07, 6.45) is 0.764. The molecule has 0 aromatic rings. The van der Waals surface area contributed by atoms with Crippen molar-refractivity contribution in [1.29, 1.82) is 0 Å². The number of carbonyl (C=O) groups excluding carboxylic acids is 2. The molecule has 0 N–H and O–H groups in total. The Kier molecular flexibility index (Phi) is 11.3. The van der Waals surface area contributed by atoms with Crippen LogP contribution < -0.4 is 0 Å². The summed E-state index contributed by atoms with van der Waals surface area (Å²) in [5.74, 6) is -0.916. The van der Waals surface area contributed by atoms with Crippen molar-refractivity contribution in [2.24, 2.45) is 10.8 Å². The van der Waals surface area contributed by atoms with E-state index in [1.807, 2.05) is 20.8 Å². The summed E-state index contributed by atoms with van der Waals surface area (Å²) < 4.78 is 0. The van der Waals surface area contributed by atoms with Crippen LogP contribution in [0.25, 0.3) is 0 Å². The summed E-state index contributed by atoms with van der Waals surface area (Å²) in [5, 5.41) is 8.76. The van der Waals surface area contributed by atoms with Crippen molar-refractivity contribution in [2.75, 3.05) is 0 Å². The molecular formula is C19H38O8. The molecular weight excluding hydrogens is 356 g/mol. The fourth-order valence-electron chi connectivity index (χ4n) is 0.599. The fourth-order valence-corrected chi connectivity index (χ4v) is 0.599. The zero-order valence-corrected chi connectivity index (χ0v) is 19.0. The number of rotatable bonds is 6. The van der Waals surface area contributed by atoms with E-state index in [1.165, 1.54) is 0 Å². The van der Waals surface area contributed by atoms with Crippen LogP contribution in [-0.2, 0) is 39.2 Å². The van der Waals surface area contributed by atoms with Gasteiger partial charge in [-0.15, -0.1) is 0 Å². The van der Waals surface area contributed by atoms with Crippen LogP contribution >= 0.6 is 0 Å². The van der Waals surface area contributed by atoms with Gasteiger partial charge in [0.1, 0.15) is 5.60 Å². The van der Waals surface area contributed by atoms with E-state index in [9.17, 15) is 9.59 Å². The first-order valence-electron chi connectivity index (χ1n) is 8.95. The molecule has 0 saturated heterocycles. The minimum Gasteiger partial charge on any atom is -0.268 e. The molecule has 0 aliphatic carbocycles. The van der Waals surface area contributed by atoms with Gasteiger partial charge in [0, 0.05) is 0 Å². The Labute approximate surface area is 163 Å². The lowest BCUT2D eigenvalue weighted by Crippen LogP contribution is -2.27. The molecule has 0 unspecified atom stereocenters. The second kappa shape index (κ2) is 10.9. The minimum atomic E-state index is -0.584. The third kappa shape index (κ3) is 16.7. The SMILES string of the molecule is CC(C)(C)OOOC(=O)C(C)(C)C.CCC(C)(C)OOOC(=O)C(C)(C)C. The molecule has 162 valence electrons. The second-order valence-electron chi connectivity index (χ2n) is 9.77. The van der Waals surface area contributed by atoms with E-state index in [4.69, 9.17) is 9.78 Å². The summed E-state index contributed by atoms with van der Waals surface area (Å²) in [6, 6.07) is 0. The first kappa shape index (κ1) is 28.0. The molecule has 0 aromatic carbocycles. The fraction of sp³-hybridized carbons (Fsp3) is 0.895. The quantitative estimate of drug-likeness (QED) is 0.466. The van der Waals surface area contributed by atoms with Gasteiger partial charge in [-0.1, -0.05) is 6.92 Å². The van der Waals surface area contributed by atoms with Gasteiger partial charge in [0.05, 0.1) is 16.4 Å². The summed E-state index contributed by atoms with van der Waals surface area (Å²) in [7, 11) is 0. The van der Waals surface area contributed by atoms with E-state index in [2.05, 4.69) is 19.9 Å². The van der Waals surface area contributed by atoms with E-state index >= 15 is 0 Å². The highest BCUT2D eigenvalue weighted by Gasteiger charge is 2.27. The van der Waals surface area contributed by atoms with Crippen LogP contribution in [0.15, 0.2) is 0 Å². The van der Waals surface area contributed by atoms with Gasteiger partial charge in [0.2, 0.25) is 0 Å². The highest BCUT2D eigenvalue weighted by atomic mass is 17.5. The summed E-state index contributed by atoms with van der Waals surface area (Å²) in [4.78, 5) is 40.9. The molecule has 0 atom stereocenters. The first-order valence-corrected chi connectivity index (χ1v) is 8.95. The predicted molar refractivity (Wildman–Crippen MR) is 99.6 cm³/mol. The van der Waals surface area contributed by atoms with E-state index in [0.29, 0.717) is 0 Å². The molecule has 0 fully saturated rings. The summed E-state index contributed by atoms with van der Waals surface area (Å²) in [5.41, 5.74) is -2.10. The highest BCUT2D eigenvalue weighted by molar-refractivity contribution is 5.75. The molecule has 8 heteroatoms. The van der Waals surface area contributed by atoms with Gasteiger partial charge in [-0.25, -0.2) is 9.59 Å². The molecule has 0 aromatic heterocycles. The highest BCUT2D eigenvalue weighted by Crippen LogP contribution is 2.18. The molecule has 0 aliphatic heterocycles. The van der Waals surface area contributed by atoms with Crippen LogP contribution in [0.1, 0.15) is 89.5 Å². The van der Waals surface area contributed by atoms with Crippen molar-refractivity contribution in [1.82, 2.24) is 0 Å². The molecule has 0 amide bonds. The van der Waals surface area contributed by atoms with E-state index in [-0.39, 0.29) is 0 Å². The molecule has 0 spiro atoms. The Hall–Kier alpha value is -1.22. The summed E-state index contributed by atoms with van der Waals surface area (Å²) >= 11 is 0. The first-order chi connectivity index (χ1) is 11.8. The minimum absolute atomic E-state index is 0.446. The molecule has 0 radical (unpaired) electrons. The molecule has 0 bridgehead atoms. The molecule has 8 nitrogen and oxygen atoms in total. The number of hydrogen-bond donors (Lipinski definition) is 0. The van der Waals surface area contributed by atoms with Crippen molar-refractivity contribution in [2.45, 2.75) is 101 Å². The van der Waals surface area contributed by atoms with Crippen LogP contribution in [0.5, 0.6) is 0 Å². The van der Waals surface area contributed by atoms with Crippen LogP contribution in [0.4, 0.5) is 0 Å². The lowest BCUT2D eigenvalue weighted by Gasteiger charge is -2.21. The molecule has 0 saturated carbocycles. The summed E-state index contributed by atoms with van der Waals surface area (Å²) in [6.45, 7) is 21.4. The van der Waals surface area contributed by atoms with Crippen LogP contribution in [0.2, 0.25) is 0 Å². The van der Waals surface area contributed by atoms with Crippen molar-refractivity contribution < 1.29 is 39.2 Å². The van der Waals surface area contributed by atoms with Gasteiger partial charge < -0.3 is 0 Å². The van der Waals surface area contributed by atoms with Crippen molar-refractivity contribution in [3.63, 3.8) is 0 Å². The molecule has 0 rings (SSSR count). The predicted octanol–water partition coefficient (Wildman–Crippen LogP) is 4.86. The Morgan fingerprint density at radius 2 is 0.963 bits per heavy atom. The molecule has 0 aliphatic rings. The van der Waals surface area contributed by atoms with Crippen molar-refractivity contribution >= 4 is 11.9 Å². The van der Waals surface area contributed by atoms with E-state index < -0.39 is 34.0 Å². The van der Waals surface area contributed by atoms with Crippen LogP contribution in [-0.4, -0.2) is 23.1 Å². The number of hydrogen-bond acceptors (Lipinski definition) is 8. The Bertz CT molecular complexity index is 450. The smallest absolute Gasteiger partial charge is 0.268 e. The lowest BCUT2D eigenvalue weighted by molar-refractivity contribution is -0.518. The van der Waals surface area contributed by atoms with Crippen LogP contribution in [0, 0.1) is 10.8 Å². The monoisotopic (exact) mass is 394 g/mol. The van der Waals surface area contributed by atoms with E-state index in [0.717, 1.165) is 6.42 Å².